The first-order valence-electron chi connectivity index (χ1n) is 4.84. The third-order valence-electron chi connectivity index (χ3n) is 2.07. The van der Waals surface area contributed by atoms with Gasteiger partial charge in [-0.05, 0) is 25.3 Å². The van der Waals surface area contributed by atoms with Crippen molar-refractivity contribution in [1.82, 2.24) is 0 Å². The van der Waals surface area contributed by atoms with Crippen molar-refractivity contribution in [2.45, 2.75) is 13.0 Å². The Morgan fingerprint density at radius 1 is 1.62 bits per heavy atom. The summed E-state index contributed by atoms with van der Waals surface area (Å²) < 4.78 is 0. The van der Waals surface area contributed by atoms with Gasteiger partial charge in [0.2, 0.25) is 0 Å². The van der Waals surface area contributed by atoms with Gasteiger partial charge in [0, 0.05) is 11.8 Å². The lowest BCUT2D eigenvalue weighted by atomic mass is 10.2. The Labute approximate surface area is 98.6 Å². The number of nitrogens with one attached hydrogen (secondary N) is 1. The zero-order chi connectivity index (χ0) is 12.1. The topological polar surface area (TPSA) is 81.2 Å². The molecular formula is C10H15N3O2S. The molecule has 6 heteroatoms. The zero-order valence-electron chi connectivity index (χ0n) is 9.27. The van der Waals surface area contributed by atoms with Gasteiger partial charge in [-0.25, -0.2) is 0 Å². The number of nitrogens with two attached hydrogens (primary N) is 1. The number of nitrogen functional groups attached to an aromatic ring is 1. The van der Waals surface area contributed by atoms with Crippen LogP contribution in [-0.2, 0) is 0 Å². The van der Waals surface area contributed by atoms with Gasteiger partial charge in [0.25, 0.3) is 0 Å². The van der Waals surface area contributed by atoms with E-state index in [-0.39, 0.29) is 17.4 Å². The molecule has 3 N–H and O–H groups in total. The summed E-state index contributed by atoms with van der Waals surface area (Å²) in [6.45, 7) is 1.98. The molecule has 0 radical (unpaired) electrons. The maximum absolute atomic E-state index is 10.9. The fourth-order valence-corrected chi connectivity index (χ4v) is 2.02. The molecule has 16 heavy (non-hydrogen) atoms. The summed E-state index contributed by atoms with van der Waals surface area (Å²) >= 11 is 1.68. The lowest BCUT2D eigenvalue weighted by molar-refractivity contribution is -0.383. The number of nitro benzene ring substituents is 1. The summed E-state index contributed by atoms with van der Waals surface area (Å²) in [6.07, 6.45) is 1.99. The molecule has 0 saturated carbocycles. The van der Waals surface area contributed by atoms with Crippen LogP contribution in [0.25, 0.3) is 0 Å². The first kappa shape index (κ1) is 12.6. The minimum absolute atomic E-state index is 0.0459. The first-order chi connectivity index (χ1) is 7.56. The monoisotopic (exact) mass is 241 g/mol. The van der Waals surface area contributed by atoms with Gasteiger partial charge in [0.15, 0.2) is 0 Å². The number of hydrogen-bond donors (Lipinski definition) is 2. The Morgan fingerprint density at radius 2 is 2.31 bits per heavy atom. The standard InChI is InChI=1S/C10H15N3O2S/c1-7(6-16-2)12-9-5-3-4-8(11)10(9)13(14)15/h3-5,7,12H,6,11H2,1-2H3. The number of thioether (sulfide) groups is 1. The smallest absolute Gasteiger partial charge is 0.314 e. The molecule has 1 aromatic carbocycles. The fraction of sp³-hybridized carbons (Fsp3) is 0.400. The van der Waals surface area contributed by atoms with Gasteiger partial charge in [-0.3, -0.25) is 10.1 Å². The molecular weight excluding hydrogens is 226 g/mol. The van der Waals surface area contributed by atoms with Gasteiger partial charge in [0.05, 0.1) is 4.92 Å². The molecule has 0 fully saturated rings. The van der Waals surface area contributed by atoms with Gasteiger partial charge < -0.3 is 11.1 Å². The minimum atomic E-state index is -0.455. The second kappa shape index (κ2) is 5.60. The molecule has 1 unspecified atom stereocenters. The van der Waals surface area contributed by atoms with E-state index in [1.54, 1.807) is 23.9 Å². The van der Waals surface area contributed by atoms with Gasteiger partial charge in [-0.1, -0.05) is 6.07 Å². The molecule has 0 aliphatic carbocycles. The molecule has 0 heterocycles. The molecule has 0 bridgehead atoms. The minimum Gasteiger partial charge on any atom is -0.393 e. The van der Waals surface area contributed by atoms with Gasteiger partial charge in [-0.2, -0.15) is 11.8 Å². The van der Waals surface area contributed by atoms with E-state index in [0.717, 1.165) is 5.75 Å². The number of nitro groups is 1. The zero-order valence-corrected chi connectivity index (χ0v) is 10.1. The maximum atomic E-state index is 10.9. The predicted molar refractivity (Wildman–Crippen MR) is 69.0 cm³/mol. The van der Waals surface area contributed by atoms with Crippen LogP contribution >= 0.6 is 11.8 Å². The van der Waals surface area contributed by atoms with Crippen molar-refractivity contribution in [3.05, 3.63) is 28.3 Å². The molecule has 0 aliphatic heterocycles. The molecule has 0 saturated heterocycles. The second-order valence-electron chi connectivity index (χ2n) is 3.50. The Bertz CT molecular complexity index is 384. The van der Waals surface area contributed by atoms with E-state index < -0.39 is 4.92 Å². The van der Waals surface area contributed by atoms with E-state index in [0.29, 0.717) is 5.69 Å². The van der Waals surface area contributed by atoms with Crippen LogP contribution in [0, 0.1) is 10.1 Å². The predicted octanol–water partition coefficient (Wildman–Crippen LogP) is 2.34. The molecule has 0 amide bonds. The lowest BCUT2D eigenvalue weighted by Crippen LogP contribution is -2.18. The van der Waals surface area contributed by atoms with Crippen LogP contribution in [0.1, 0.15) is 6.92 Å². The maximum Gasteiger partial charge on any atom is 0.314 e. The van der Waals surface area contributed by atoms with E-state index in [9.17, 15) is 10.1 Å². The largest absolute Gasteiger partial charge is 0.393 e. The van der Waals surface area contributed by atoms with Crippen LogP contribution in [0.5, 0.6) is 0 Å². The summed E-state index contributed by atoms with van der Waals surface area (Å²) in [5.41, 5.74) is 6.20. The Balaban J connectivity index is 2.95. The second-order valence-corrected chi connectivity index (χ2v) is 4.41. The molecule has 1 rings (SSSR count). The average Bonchev–Trinajstić information content (AvgIpc) is 2.17. The van der Waals surface area contributed by atoms with Crippen molar-refractivity contribution in [2.75, 3.05) is 23.1 Å². The number of hydrogen-bond acceptors (Lipinski definition) is 5. The molecule has 0 aromatic heterocycles. The number of benzene rings is 1. The summed E-state index contributed by atoms with van der Waals surface area (Å²) in [5, 5.41) is 14.0. The van der Waals surface area contributed by atoms with E-state index in [1.165, 1.54) is 6.07 Å². The third kappa shape index (κ3) is 3.03. The highest BCUT2D eigenvalue weighted by Crippen LogP contribution is 2.30. The van der Waals surface area contributed by atoms with E-state index in [1.807, 2.05) is 13.2 Å². The van der Waals surface area contributed by atoms with Gasteiger partial charge in [-0.15, -0.1) is 0 Å². The van der Waals surface area contributed by atoms with E-state index in [4.69, 9.17) is 5.73 Å². The molecule has 5 nitrogen and oxygen atoms in total. The van der Waals surface area contributed by atoms with Crippen LogP contribution in [0.4, 0.5) is 17.1 Å². The van der Waals surface area contributed by atoms with Crippen molar-refractivity contribution >= 4 is 28.8 Å². The number of anilines is 2. The van der Waals surface area contributed by atoms with E-state index in [2.05, 4.69) is 5.32 Å². The normalized spacial score (nSPS) is 12.1. The van der Waals surface area contributed by atoms with Gasteiger partial charge in [0.1, 0.15) is 11.4 Å². The Hall–Kier alpha value is -1.43. The first-order valence-corrected chi connectivity index (χ1v) is 6.24. The number of nitrogens with zero attached hydrogens (tertiary/aromatic N) is 1. The van der Waals surface area contributed by atoms with Crippen LogP contribution in [0.3, 0.4) is 0 Å². The Morgan fingerprint density at radius 3 is 2.88 bits per heavy atom. The average molecular weight is 241 g/mol. The lowest BCUT2D eigenvalue weighted by Gasteiger charge is -2.14. The van der Waals surface area contributed by atoms with Crippen molar-refractivity contribution in [3.63, 3.8) is 0 Å². The highest BCUT2D eigenvalue weighted by atomic mass is 32.2. The highest BCUT2D eigenvalue weighted by Gasteiger charge is 2.18. The van der Waals surface area contributed by atoms with Crippen LogP contribution in [-0.4, -0.2) is 23.0 Å². The SMILES string of the molecule is CSCC(C)Nc1cccc(N)c1[N+](=O)[O-]. The van der Waals surface area contributed by atoms with Crippen molar-refractivity contribution in [3.8, 4) is 0 Å². The molecule has 0 spiro atoms. The van der Waals surface area contributed by atoms with Crippen molar-refractivity contribution < 1.29 is 4.92 Å². The summed E-state index contributed by atoms with van der Waals surface area (Å²) in [5.74, 6) is 0.881. The summed E-state index contributed by atoms with van der Waals surface area (Å²) in [4.78, 5) is 10.4. The molecule has 88 valence electrons. The van der Waals surface area contributed by atoms with Crippen LogP contribution in [0.2, 0.25) is 0 Å². The molecule has 1 atom stereocenters. The highest BCUT2D eigenvalue weighted by molar-refractivity contribution is 7.98. The Kier molecular flexibility index (Phi) is 4.42. The molecule has 1 aromatic rings. The van der Waals surface area contributed by atoms with Crippen LogP contribution in [0.15, 0.2) is 18.2 Å². The molecule has 0 aliphatic rings. The van der Waals surface area contributed by atoms with Crippen molar-refractivity contribution in [2.24, 2.45) is 0 Å². The number of para-hydroxylation sites is 1. The fourth-order valence-electron chi connectivity index (χ4n) is 1.44. The summed E-state index contributed by atoms with van der Waals surface area (Å²) in [6, 6.07) is 5.07. The van der Waals surface area contributed by atoms with Crippen LogP contribution < -0.4 is 11.1 Å². The van der Waals surface area contributed by atoms with Gasteiger partial charge >= 0.3 is 5.69 Å². The quantitative estimate of drug-likeness (QED) is 0.470. The van der Waals surface area contributed by atoms with E-state index >= 15 is 0 Å². The third-order valence-corrected chi connectivity index (χ3v) is 2.90. The number of rotatable bonds is 5. The van der Waals surface area contributed by atoms with Crippen molar-refractivity contribution in [1.29, 1.82) is 0 Å². The summed E-state index contributed by atoms with van der Waals surface area (Å²) in [7, 11) is 0.